The van der Waals surface area contributed by atoms with Gasteiger partial charge in [0, 0.05) is 25.2 Å². The van der Waals surface area contributed by atoms with Gasteiger partial charge in [0.25, 0.3) is 11.8 Å². The molecule has 0 fully saturated rings. The summed E-state index contributed by atoms with van der Waals surface area (Å²) in [7, 11) is 3.25. The summed E-state index contributed by atoms with van der Waals surface area (Å²) in [5.74, 6) is -0.0741. The molecule has 0 saturated heterocycles. The van der Waals surface area contributed by atoms with Gasteiger partial charge < -0.3 is 10.6 Å². The van der Waals surface area contributed by atoms with Gasteiger partial charge in [-0.3, -0.25) is 9.59 Å². The third kappa shape index (κ3) is 5.40. The summed E-state index contributed by atoms with van der Waals surface area (Å²) in [6.45, 7) is 3.99. The number of aryl methyl sites for hydroxylation is 2. The summed E-state index contributed by atoms with van der Waals surface area (Å²) >= 11 is 0. The van der Waals surface area contributed by atoms with Crippen LogP contribution in [0.25, 0.3) is 0 Å². The standard InChI is InChI=1S/2C9H11NO/c2*1-7-3-5-8(6-4-7)9(11)10-2/h2*3-6H,1-2H3,(H,10,11). The normalized spacial score (nSPS) is 9.27. The lowest BCUT2D eigenvalue weighted by Gasteiger charge is -1.98. The van der Waals surface area contributed by atoms with Crippen molar-refractivity contribution in [1.29, 1.82) is 0 Å². The van der Waals surface area contributed by atoms with Crippen molar-refractivity contribution in [2.75, 3.05) is 14.1 Å². The van der Waals surface area contributed by atoms with Crippen molar-refractivity contribution in [1.82, 2.24) is 10.6 Å². The summed E-state index contributed by atoms with van der Waals surface area (Å²) in [6, 6.07) is 14.9. The fraction of sp³-hybridized carbons (Fsp3) is 0.222. The number of amides is 2. The first-order chi connectivity index (χ1) is 10.5. The molecule has 0 unspecified atom stereocenters. The molecular formula is C18H22N2O2. The smallest absolute Gasteiger partial charge is 0.251 e. The zero-order valence-electron chi connectivity index (χ0n) is 13.4. The summed E-state index contributed by atoms with van der Waals surface area (Å²) in [4.78, 5) is 22.0. The Morgan fingerprint density at radius 2 is 0.909 bits per heavy atom. The molecule has 0 heterocycles. The third-order valence-corrected chi connectivity index (χ3v) is 3.08. The first kappa shape index (κ1) is 17.4. The minimum absolute atomic E-state index is 0.0370. The monoisotopic (exact) mass is 298 g/mol. The minimum atomic E-state index is -0.0370. The highest BCUT2D eigenvalue weighted by Crippen LogP contribution is 2.02. The van der Waals surface area contributed by atoms with E-state index < -0.39 is 0 Å². The average molecular weight is 298 g/mol. The van der Waals surface area contributed by atoms with E-state index >= 15 is 0 Å². The van der Waals surface area contributed by atoms with E-state index in [0.717, 1.165) is 11.1 Å². The molecule has 116 valence electrons. The highest BCUT2D eigenvalue weighted by molar-refractivity contribution is 5.94. The number of hydrogen-bond donors (Lipinski definition) is 2. The molecule has 2 rings (SSSR count). The van der Waals surface area contributed by atoms with Gasteiger partial charge in [-0.05, 0) is 38.1 Å². The molecule has 2 aromatic rings. The lowest BCUT2D eigenvalue weighted by Crippen LogP contribution is -2.17. The van der Waals surface area contributed by atoms with Crippen LogP contribution in [0, 0.1) is 13.8 Å². The average Bonchev–Trinajstić information content (AvgIpc) is 2.55. The van der Waals surface area contributed by atoms with E-state index in [0.29, 0.717) is 11.1 Å². The van der Waals surface area contributed by atoms with Crippen molar-refractivity contribution in [3.05, 3.63) is 70.8 Å². The summed E-state index contributed by atoms with van der Waals surface area (Å²) in [6.07, 6.45) is 0. The molecule has 0 aliphatic heterocycles. The van der Waals surface area contributed by atoms with Crippen LogP contribution in [0.3, 0.4) is 0 Å². The number of carbonyl (C=O) groups is 2. The van der Waals surface area contributed by atoms with Gasteiger partial charge in [0.2, 0.25) is 0 Å². The van der Waals surface area contributed by atoms with Crippen molar-refractivity contribution in [3.8, 4) is 0 Å². The van der Waals surface area contributed by atoms with Crippen molar-refractivity contribution in [3.63, 3.8) is 0 Å². The highest BCUT2D eigenvalue weighted by atomic mass is 16.2. The predicted molar refractivity (Wildman–Crippen MR) is 89.1 cm³/mol. The molecule has 2 aromatic carbocycles. The molecule has 4 heteroatoms. The highest BCUT2D eigenvalue weighted by Gasteiger charge is 2.00. The number of nitrogens with one attached hydrogen (secondary N) is 2. The zero-order chi connectivity index (χ0) is 16.5. The van der Waals surface area contributed by atoms with E-state index in [-0.39, 0.29) is 11.8 Å². The van der Waals surface area contributed by atoms with Crippen LogP contribution in [0.4, 0.5) is 0 Å². The van der Waals surface area contributed by atoms with Crippen LogP contribution in [0.1, 0.15) is 31.8 Å². The maximum Gasteiger partial charge on any atom is 0.251 e. The van der Waals surface area contributed by atoms with E-state index in [9.17, 15) is 9.59 Å². The number of benzene rings is 2. The molecular weight excluding hydrogens is 276 g/mol. The topological polar surface area (TPSA) is 58.2 Å². The Balaban J connectivity index is 0.000000220. The van der Waals surface area contributed by atoms with Crippen LogP contribution in [0.15, 0.2) is 48.5 Å². The largest absolute Gasteiger partial charge is 0.355 e. The van der Waals surface area contributed by atoms with Gasteiger partial charge in [-0.15, -0.1) is 0 Å². The quantitative estimate of drug-likeness (QED) is 0.895. The van der Waals surface area contributed by atoms with Crippen molar-refractivity contribution in [2.45, 2.75) is 13.8 Å². The molecule has 4 nitrogen and oxygen atoms in total. The Morgan fingerprint density at radius 3 is 1.14 bits per heavy atom. The van der Waals surface area contributed by atoms with E-state index in [2.05, 4.69) is 10.6 Å². The van der Waals surface area contributed by atoms with Crippen LogP contribution in [0.5, 0.6) is 0 Å². The van der Waals surface area contributed by atoms with Gasteiger partial charge >= 0.3 is 0 Å². The second-order valence-corrected chi connectivity index (χ2v) is 4.89. The molecule has 0 radical (unpaired) electrons. The third-order valence-electron chi connectivity index (χ3n) is 3.08. The Hall–Kier alpha value is -2.62. The number of rotatable bonds is 2. The Morgan fingerprint density at radius 1 is 0.636 bits per heavy atom. The minimum Gasteiger partial charge on any atom is -0.355 e. The van der Waals surface area contributed by atoms with Crippen LogP contribution in [-0.4, -0.2) is 25.9 Å². The molecule has 0 aliphatic rings. The SMILES string of the molecule is CNC(=O)c1ccc(C)cc1.CNC(=O)c1ccc(C)cc1. The van der Waals surface area contributed by atoms with Crippen LogP contribution >= 0.6 is 0 Å². The second kappa shape index (κ2) is 8.62. The van der Waals surface area contributed by atoms with Gasteiger partial charge in [-0.2, -0.15) is 0 Å². The molecule has 2 N–H and O–H groups in total. The van der Waals surface area contributed by atoms with E-state index in [1.807, 2.05) is 62.4 Å². The van der Waals surface area contributed by atoms with E-state index in [1.54, 1.807) is 14.1 Å². The fourth-order valence-corrected chi connectivity index (χ4v) is 1.70. The molecule has 0 spiro atoms. The zero-order valence-corrected chi connectivity index (χ0v) is 13.4. The molecule has 2 amide bonds. The lowest BCUT2D eigenvalue weighted by molar-refractivity contribution is 0.0955. The van der Waals surface area contributed by atoms with Crippen LogP contribution in [0.2, 0.25) is 0 Å². The Labute approximate surface area is 131 Å². The Kier molecular flexibility index (Phi) is 6.83. The Bertz CT molecular complexity index is 559. The van der Waals surface area contributed by atoms with Gasteiger partial charge in [0.05, 0.1) is 0 Å². The van der Waals surface area contributed by atoms with Crippen molar-refractivity contribution >= 4 is 11.8 Å². The fourth-order valence-electron chi connectivity index (χ4n) is 1.70. The lowest BCUT2D eigenvalue weighted by atomic mass is 10.1. The van der Waals surface area contributed by atoms with Gasteiger partial charge in [0.15, 0.2) is 0 Å². The summed E-state index contributed by atoms with van der Waals surface area (Å²) in [5, 5.41) is 5.12. The molecule has 0 aromatic heterocycles. The maximum atomic E-state index is 11.0. The molecule has 0 atom stereocenters. The number of carbonyl (C=O) groups excluding carboxylic acids is 2. The van der Waals surface area contributed by atoms with Crippen molar-refractivity contribution < 1.29 is 9.59 Å². The first-order valence-electron chi connectivity index (χ1n) is 7.05. The summed E-state index contributed by atoms with van der Waals surface area (Å²) in [5.41, 5.74) is 3.74. The van der Waals surface area contributed by atoms with Gasteiger partial charge in [-0.1, -0.05) is 35.4 Å². The predicted octanol–water partition coefficient (Wildman–Crippen LogP) is 2.71. The van der Waals surface area contributed by atoms with Crippen molar-refractivity contribution in [2.24, 2.45) is 0 Å². The molecule has 0 saturated carbocycles. The molecule has 0 aliphatic carbocycles. The van der Waals surface area contributed by atoms with E-state index in [1.165, 1.54) is 0 Å². The molecule has 0 bridgehead atoms. The molecule has 22 heavy (non-hydrogen) atoms. The number of hydrogen-bond acceptors (Lipinski definition) is 2. The summed E-state index contributed by atoms with van der Waals surface area (Å²) < 4.78 is 0. The first-order valence-corrected chi connectivity index (χ1v) is 7.05. The second-order valence-electron chi connectivity index (χ2n) is 4.89. The van der Waals surface area contributed by atoms with Crippen LogP contribution < -0.4 is 10.6 Å². The maximum absolute atomic E-state index is 11.0. The van der Waals surface area contributed by atoms with E-state index in [4.69, 9.17) is 0 Å². The van der Waals surface area contributed by atoms with Gasteiger partial charge in [-0.25, -0.2) is 0 Å². The van der Waals surface area contributed by atoms with Crippen LogP contribution in [-0.2, 0) is 0 Å². The van der Waals surface area contributed by atoms with Gasteiger partial charge in [0.1, 0.15) is 0 Å².